The molecule has 1 aromatic heterocycles. The van der Waals surface area contributed by atoms with E-state index in [2.05, 4.69) is 10.3 Å². The van der Waals surface area contributed by atoms with Gasteiger partial charge >= 0.3 is 6.18 Å². The molecule has 98 valence electrons. The van der Waals surface area contributed by atoms with Crippen LogP contribution in [0.4, 0.5) is 18.3 Å². The molecule has 0 bridgehead atoms. The van der Waals surface area contributed by atoms with Crippen molar-refractivity contribution >= 4 is 16.5 Å². The van der Waals surface area contributed by atoms with Crippen LogP contribution in [-0.4, -0.2) is 22.2 Å². The molecule has 0 aliphatic rings. The highest BCUT2D eigenvalue weighted by atomic mass is 32.1. The molecule has 0 spiro atoms. The predicted octanol–water partition coefficient (Wildman–Crippen LogP) is 3.12. The minimum atomic E-state index is -4.36. The third-order valence-electron chi connectivity index (χ3n) is 2.67. The summed E-state index contributed by atoms with van der Waals surface area (Å²) in [5, 5.41) is 12.9. The molecule has 1 aromatic rings. The van der Waals surface area contributed by atoms with Gasteiger partial charge in [-0.3, -0.25) is 0 Å². The van der Waals surface area contributed by atoms with Crippen LogP contribution in [0.1, 0.15) is 31.6 Å². The van der Waals surface area contributed by atoms with Gasteiger partial charge in [-0.15, -0.1) is 0 Å². The molecule has 0 atom stereocenters. The first-order valence-electron chi connectivity index (χ1n) is 5.30. The Balaban J connectivity index is 2.62. The van der Waals surface area contributed by atoms with E-state index in [0.717, 1.165) is 6.20 Å². The first kappa shape index (κ1) is 14.2. The summed E-state index contributed by atoms with van der Waals surface area (Å²) in [4.78, 5) is 2.89. The lowest BCUT2D eigenvalue weighted by molar-refractivity contribution is -0.134. The standard InChI is InChI=1S/C10H15F3N2OS/c1-3-9(16,4-2)6-15-8-14-5-7(17-8)10(11,12)13/h5,16H,3-4,6H2,1-2H3,(H,14,15). The summed E-state index contributed by atoms with van der Waals surface area (Å²) in [5.41, 5.74) is -0.899. The molecule has 0 fully saturated rings. The lowest BCUT2D eigenvalue weighted by atomic mass is 9.98. The largest absolute Gasteiger partial charge is 0.427 e. The van der Waals surface area contributed by atoms with Gasteiger partial charge in [0.2, 0.25) is 0 Å². The monoisotopic (exact) mass is 268 g/mol. The number of anilines is 1. The molecule has 3 nitrogen and oxygen atoms in total. The van der Waals surface area contributed by atoms with Crippen LogP contribution in [0.3, 0.4) is 0 Å². The zero-order chi connectivity index (χ0) is 13.1. The average Bonchev–Trinajstić information content (AvgIpc) is 2.74. The van der Waals surface area contributed by atoms with Gasteiger partial charge in [-0.05, 0) is 12.8 Å². The van der Waals surface area contributed by atoms with E-state index in [-0.39, 0.29) is 11.7 Å². The molecule has 0 amide bonds. The van der Waals surface area contributed by atoms with Crippen molar-refractivity contribution in [3.63, 3.8) is 0 Å². The highest BCUT2D eigenvalue weighted by molar-refractivity contribution is 7.15. The topological polar surface area (TPSA) is 45.1 Å². The summed E-state index contributed by atoms with van der Waals surface area (Å²) in [7, 11) is 0. The van der Waals surface area contributed by atoms with Crippen molar-refractivity contribution < 1.29 is 18.3 Å². The zero-order valence-electron chi connectivity index (χ0n) is 9.64. The van der Waals surface area contributed by atoms with Crippen LogP contribution in [0.2, 0.25) is 0 Å². The summed E-state index contributed by atoms with van der Waals surface area (Å²) >= 11 is 0.543. The van der Waals surface area contributed by atoms with Gasteiger partial charge in [0.05, 0.1) is 11.8 Å². The number of nitrogens with zero attached hydrogens (tertiary/aromatic N) is 1. The first-order valence-corrected chi connectivity index (χ1v) is 6.11. The SMILES string of the molecule is CCC(O)(CC)CNc1ncc(C(F)(F)F)s1. The van der Waals surface area contributed by atoms with Gasteiger partial charge < -0.3 is 10.4 Å². The Morgan fingerprint density at radius 3 is 2.35 bits per heavy atom. The number of halogens is 3. The smallest absolute Gasteiger partial charge is 0.388 e. The number of hydrogen-bond donors (Lipinski definition) is 2. The Morgan fingerprint density at radius 1 is 1.35 bits per heavy atom. The van der Waals surface area contributed by atoms with Crippen molar-refractivity contribution in [1.82, 2.24) is 4.98 Å². The van der Waals surface area contributed by atoms with Crippen molar-refractivity contribution in [2.75, 3.05) is 11.9 Å². The second-order valence-electron chi connectivity index (χ2n) is 3.81. The molecule has 2 N–H and O–H groups in total. The van der Waals surface area contributed by atoms with Crippen molar-refractivity contribution in [2.45, 2.75) is 38.5 Å². The van der Waals surface area contributed by atoms with Gasteiger partial charge in [0.1, 0.15) is 4.88 Å². The lowest BCUT2D eigenvalue weighted by Gasteiger charge is -2.25. The Labute approximate surface area is 102 Å². The van der Waals surface area contributed by atoms with Crippen LogP contribution in [0.15, 0.2) is 6.20 Å². The normalized spacial score (nSPS) is 12.8. The van der Waals surface area contributed by atoms with Crippen LogP contribution < -0.4 is 5.32 Å². The Morgan fingerprint density at radius 2 is 1.94 bits per heavy atom. The number of nitrogens with one attached hydrogen (secondary N) is 1. The minimum absolute atomic E-state index is 0.178. The Bertz CT molecular complexity index is 361. The zero-order valence-corrected chi connectivity index (χ0v) is 10.5. The van der Waals surface area contributed by atoms with E-state index >= 15 is 0 Å². The number of hydrogen-bond acceptors (Lipinski definition) is 4. The molecule has 17 heavy (non-hydrogen) atoms. The molecular weight excluding hydrogens is 253 g/mol. The Kier molecular flexibility index (Phi) is 4.37. The van der Waals surface area contributed by atoms with Crippen LogP contribution in [0, 0.1) is 0 Å². The van der Waals surface area contributed by atoms with E-state index < -0.39 is 16.7 Å². The molecule has 0 aliphatic heterocycles. The van der Waals surface area contributed by atoms with Gasteiger partial charge in [0, 0.05) is 6.54 Å². The van der Waals surface area contributed by atoms with Crippen molar-refractivity contribution in [3.05, 3.63) is 11.1 Å². The third kappa shape index (κ3) is 3.85. The number of aliphatic hydroxyl groups is 1. The molecule has 0 aromatic carbocycles. The van der Waals surface area contributed by atoms with Crippen LogP contribution in [0.25, 0.3) is 0 Å². The van der Waals surface area contributed by atoms with Crippen LogP contribution in [-0.2, 0) is 6.18 Å². The van der Waals surface area contributed by atoms with E-state index in [0.29, 0.717) is 24.2 Å². The van der Waals surface area contributed by atoms with Gasteiger partial charge in [-0.1, -0.05) is 25.2 Å². The fourth-order valence-corrected chi connectivity index (χ4v) is 1.91. The second kappa shape index (κ2) is 5.22. The number of thiazole rings is 1. The van der Waals surface area contributed by atoms with E-state index in [9.17, 15) is 18.3 Å². The van der Waals surface area contributed by atoms with Crippen LogP contribution in [0.5, 0.6) is 0 Å². The maximum atomic E-state index is 12.3. The Hall–Kier alpha value is -0.820. The summed E-state index contributed by atoms with van der Waals surface area (Å²) in [6.45, 7) is 3.85. The van der Waals surface area contributed by atoms with Crippen molar-refractivity contribution in [1.29, 1.82) is 0 Å². The lowest BCUT2D eigenvalue weighted by Crippen LogP contribution is -2.35. The maximum Gasteiger partial charge on any atom is 0.427 e. The fourth-order valence-electron chi connectivity index (χ4n) is 1.23. The van der Waals surface area contributed by atoms with E-state index in [1.165, 1.54) is 0 Å². The maximum absolute atomic E-state index is 12.3. The van der Waals surface area contributed by atoms with Gasteiger partial charge in [0.15, 0.2) is 5.13 Å². The summed E-state index contributed by atoms with van der Waals surface area (Å²) in [6.07, 6.45) is -2.49. The fraction of sp³-hybridized carbons (Fsp3) is 0.700. The van der Waals surface area contributed by atoms with Gasteiger partial charge in [0.25, 0.3) is 0 Å². The second-order valence-corrected chi connectivity index (χ2v) is 4.84. The summed E-state index contributed by atoms with van der Waals surface area (Å²) < 4.78 is 36.9. The molecule has 0 radical (unpaired) electrons. The number of rotatable bonds is 5. The molecule has 7 heteroatoms. The van der Waals surface area contributed by atoms with Crippen molar-refractivity contribution in [3.8, 4) is 0 Å². The quantitative estimate of drug-likeness (QED) is 0.862. The molecular formula is C10H15F3N2OS. The van der Waals surface area contributed by atoms with E-state index in [1.807, 2.05) is 13.8 Å². The van der Waals surface area contributed by atoms with Crippen molar-refractivity contribution in [2.24, 2.45) is 0 Å². The predicted molar refractivity (Wildman–Crippen MR) is 61.1 cm³/mol. The van der Waals surface area contributed by atoms with E-state index in [1.54, 1.807) is 0 Å². The van der Waals surface area contributed by atoms with Gasteiger partial charge in [-0.25, -0.2) is 4.98 Å². The summed E-state index contributed by atoms with van der Waals surface area (Å²) in [6, 6.07) is 0. The average molecular weight is 268 g/mol. The molecule has 0 saturated heterocycles. The molecule has 0 saturated carbocycles. The first-order chi connectivity index (χ1) is 7.80. The van der Waals surface area contributed by atoms with E-state index in [4.69, 9.17) is 0 Å². The highest BCUT2D eigenvalue weighted by Crippen LogP contribution is 2.35. The molecule has 1 heterocycles. The minimum Gasteiger partial charge on any atom is -0.388 e. The number of alkyl halides is 3. The third-order valence-corrected chi connectivity index (χ3v) is 3.67. The summed E-state index contributed by atoms with van der Waals surface area (Å²) in [5.74, 6) is 0. The molecule has 1 rings (SSSR count). The number of aromatic nitrogens is 1. The van der Waals surface area contributed by atoms with Gasteiger partial charge in [-0.2, -0.15) is 13.2 Å². The van der Waals surface area contributed by atoms with Crippen LogP contribution >= 0.6 is 11.3 Å². The highest BCUT2D eigenvalue weighted by Gasteiger charge is 2.33. The molecule has 0 aliphatic carbocycles. The molecule has 0 unspecified atom stereocenters.